The van der Waals surface area contributed by atoms with Crippen molar-refractivity contribution in [3.8, 4) is 0 Å². The van der Waals surface area contributed by atoms with Crippen LogP contribution in [0.1, 0.15) is 44.5 Å². The summed E-state index contributed by atoms with van der Waals surface area (Å²) in [5.74, 6) is 0.0806. The first kappa shape index (κ1) is 16.7. The number of rotatable bonds is 9. The molecule has 2 N–H and O–H groups in total. The summed E-state index contributed by atoms with van der Waals surface area (Å²) in [7, 11) is 0. The van der Waals surface area contributed by atoms with Gasteiger partial charge in [0.1, 0.15) is 0 Å². The lowest BCUT2D eigenvalue weighted by Gasteiger charge is -2.13. The maximum Gasteiger partial charge on any atom is 0.234 e. The highest BCUT2D eigenvalue weighted by atomic mass is 16.1. The van der Waals surface area contributed by atoms with Crippen molar-refractivity contribution in [3.05, 3.63) is 17.5 Å². The average molecular weight is 280 g/mol. The van der Waals surface area contributed by atoms with Crippen molar-refractivity contribution in [3.63, 3.8) is 0 Å². The zero-order valence-electron chi connectivity index (χ0n) is 13.2. The summed E-state index contributed by atoms with van der Waals surface area (Å²) in [5, 5.41) is 10.6. The molecule has 0 bridgehead atoms. The summed E-state index contributed by atoms with van der Waals surface area (Å²) in [6, 6.07) is 2.35. The van der Waals surface area contributed by atoms with E-state index < -0.39 is 0 Å². The number of carbonyl (C=O) groups is 1. The molecule has 0 aromatic carbocycles. The zero-order valence-corrected chi connectivity index (χ0v) is 13.2. The van der Waals surface area contributed by atoms with Crippen LogP contribution in [0.25, 0.3) is 0 Å². The van der Waals surface area contributed by atoms with Crippen LogP contribution in [-0.2, 0) is 11.3 Å². The molecule has 1 unspecified atom stereocenters. The summed E-state index contributed by atoms with van der Waals surface area (Å²) in [6.45, 7) is 10.4. The second kappa shape index (κ2) is 8.74. The fourth-order valence-corrected chi connectivity index (χ4v) is 2.29. The minimum atomic E-state index is 0.0806. The van der Waals surface area contributed by atoms with Crippen molar-refractivity contribution in [2.24, 2.45) is 0 Å². The molecule has 20 heavy (non-hydrogen) atoms. The van der Waals surface area contributed by atoms with Crippen LogP contribution in [0.5, 0.6) is 0 Å². The van der Waals surface area contributed by atoms with E-state index in [2.05, 4.69) is 35.6 Å². The van der Waals surface area contributed by atoms with Crippen LogP contribution in [-0.4, -0.2) is 34.8 Å². The number of nitrogens with one attached hydrogen (secondary N) is 2. The topological polar surface area (TPSA) is 59.0 Å². The van der Waals surface area contributed by atoms with Crippen LogP contribution in [0.2, 0.25) is 0 Å². The van der Waals surface area contributed by atoms with Gasteiger partial charge in [0.15, 0.2) is 0 Å². The Labute approximate surface area is 122 Å². The minimum absolute atomic E-state index is 0.0806. The Morgan fingerprint density at radius 2 is 2.20 bits per heavy atom. The Morgan fingerprint density at radius 3 is 2.80 bits per heavy atom. The summed E-state index contributed by atoms with van der Waals surface area (Å²) in [4.78, 5) is 11.6. The van der Waals surface area contributed by atoms with Gasteiger partial charge in [-0.15, -0.1) is 0 Å². The fourth-order valence-electron chi connectivity index (χ4n) is 2.29. The van der Waals surface area contributed by atoms with Gasteiger partial charge in [-0.05, 0) is 46.2 Å². The number of nitrogens with zero attached hydrogens (tertiary/aromatic N) is 2. The Kier molecular flexibility index (Phi) is 7.30. The lowest BCUT2D eigenvalue weighted by Crippen LogP contribution is -2.39. The number of hydrogen-bond acceptors (Lipinski definition) is 3. The van der Waals surface area contributed by atoms with Gasteiger partial charge in [-0.25, -0.2) is 0 Å². The van der Waals surface area contributed by atoms with Crippen molar-refractivity contribution in [2.75, 3.05) is 13.1 Å². The van der Waals surface area contributed by atoms with Gasteiger partial charge in [-0.1, -0.05) is 13.3 Å². The Bertz CT molecular complexity index is 414. The molecule has 0 aliphatic rings. The standard InChI is InChI=1S/C15H28N4O/c1-5-7-12(2)17-15(20)11-16-8-6-9-19-14(4)10-13(3)18-19/h10,12,16H,5-9,11H2,1-4H3,(H,17,20). The van der Waals surface area contributed by atoms with Crippen molar-refractivity contribution >= 4 is 5.91 Å². The van der Waals surface area contributed by atoms with Crippen LogP contribution in [0.4, 0.5) is 0 Å². The summed E-state index contributed by atoms with van der Waals surface area (Å²) >= 11 is 0. The third-order valence-corrected chi connectivity index (χ3v) is 3.24. The number of hydrogen-bond donors (Lipinski definition) is 2. The van der Waals surface area contributed by atoms with E-state index in [0.717, 1.165) is 38.0 Å². The predicted molar refractivity (Wildman–Crippen MR) is 81.7 cm³/mol. The van der Waals surface area contributed by atoms with Crippen LogP contribution in [0.3, 0.4) is 0 Å². The Hall–Kier alpha value is -1.36. The fraction of sp³-hybridized carbons (Fsp3) is 0.733. The highest BCUT2D eigenvalue weighted by molar-refractivity contribution is 5.78. The molecule has 0 aliphatic carbocycles. The molecule has 114 valence electrons. The molecule has 0 aliphatic heterocycles. The first-order valence-corrected chi connectivity index (χ1v) is 7.54. The monoisotopic (exact) mass is 280 g/mol. The Balaban J connectivity index is 2.10. The second-order valence-electron chi connectivity index (χ2n) is 5.44. The third kappa shape index (κ3) is 6.19. The molecule has 0 radical (unpaired) electrons. The predicted octanol–water partition coefficient (Wildman–Crippen LogP) is 1.78. The summed E-state index contributed by atoms with van der Waals surface area (Å²) in [6.07, 6.45) is 3.10. The van der Waals surface area contributed by atoms with Gasteiger partial charge in [0, 0.05) is 18.3 Å². The van der Waals surface area contributed by atoms with Gasteiger partial charge in [0.25, 0.3) is 0 Å². The van der Waals surface area contributed by atoms with E-state index in [4.69, 9.17) is 0 Å². The first-order chi connectivity index (χ1) is 9.52. The number of amides is 1. The van der Waals surface area contributed by atoms with E-state index in [1.165, 1.54) is 5.69 Å². The quantitative estimate of drug-likeness (QED) is 0.678. The number of aryl methyl sites for hydroxylation is 3. The maximum atomic E-state index is 11.6. The lowest BCUT2D eigenvalue weighted by atomic mass is 10.2. The van der Waals surface area contributed by atoms with Crippen molar-refractivity contribution < 1.29 is 4.79 Å². The maximum absolute atomic E-state index is 11.6. The van der Waals surface area contributed by atoms with Crippen LogP contribution >= 0.6 is 0 Å². The molecule has 0 spiro atoms. The van der Waals surface area contributed by atoms with Gasteiger partial charge in [0.05, 0.1) is 12.2 Å². The van der Waals surface area contributed by atoms with E-state index in [1.807, 2.05) is 18.5 Å². The highest BCUT2D eigenvalue weighted by Crippen LogP contribution is 2.02. The molecule has 1 amide bonds. The van der Waals surface area contributed by atoms with Crippen molar-refractivity contribution in [1.82, 2.24) is 20.4 Å². The van der Waals surface area contributed by atoms with Crippen molar-refractivity contribution in [1.29, 1.82) is 0 Å². The van der Waals surface area contributed by atoms with Crippen LogP contribution in [0.15, 0.2) is 6.07 Å². The lowest BCUT2D eigenvalue weighted by molar-refractivity contribution is -0.120. The molecule has 5 nitrogen and oxygen atoms in total. The molecule has 0 saturated carbocycles. The molecule has 1 aromatic rings. The van der Waals surface area contributed by atoms with Gasteiger partial charge in [-0.3, -0.25) is 9.48 Å². The van der Waals surface area contributed by atoms with Gasteiger partial charge < -0.3 is 10.6 Å². The molecule has 1 aromatic heterocycles. The smallest absolute Gasteiger partial charge is 0.234 e. The van der Waals surface area contributed by atoms with Crippen LogP contribution in [0, 0.1) is 13.8 Å². The van der Waals surface area contributed by atoms with E-state index >= 15 is 0 Å². The van der Waals surface area contributed by atoms with Crippen molar-refractivity contribution in [2.45, 2.75) is 59.5 Å². The second-order valence-corrected chi connectivity index (χ2v) is 5.44. The van der Waals surface area contributed by atoms with Gasteiger partial charge in [-0.2, -0.15) is 5.10 Å². The van der Waals surface area contributed by atoms with Gasteiger partial charge >= 0.3 is 0 Å². The van der Waals surface area contributed by atoms with E-state index in [1.54, 1.807) is 0 Å². The van der Waals surface area contributed by atoms with E-state index in [-0.39, 0.29) is 11.9 Å². The Morgan fingerprint density at radius 1 is 1.45 bits per heavy atom. The minimum Gasteiger partial charge on any atom is -0.353 e. The number of aromatic nitrogens is 2. The molecular formula is C15H28N4O. The normalized spacial score (nSPS) is 12.4. The first-order valence-electron chi connectivity index (χ1n) is 7.54. The third-order valence-electron chi connectivity index (χ3n) is 3.24. The van der Waals surface area contributed by atoms with Crippen LogP contribution < -0.4 is 10.6 Å². The largest absolute Gasteiger partial charge is 0.353 e. The molecule has 1 rings (SSSR count). The van der Waals surface area contributed by atoms with Gasteiger partial charge in [0.2, 0.25) is 5.91 Å². The molecule has 1 heterocycles. The van der Waals surface area contributed by atoms with E-state index in [9.17, 15) is 4.79 Å². The average Bonchev–Trinajstić information content (AvgIpc) is 2.67. The summed E-state index contributed by atoms with van der Waals surface area (Å²) in [5.41, 5.74) is 2.24. The molecule has 1 atom stereocenters. The molecular weight excluding hydrogens is 252 g/mol. The zero-order chi connectivity index (χ0) is 15.0. The highest BCUT2D eigenvalue weighted by Gasteiger charge is 2.05. The van der Waals surface area contributed by atoms with E-state index in [0.29, 0.717) is 6.54 Å². The number of carbonyl (C=O) groups excluding carboxylic acids is 1. The molecule has 0 saturated heterocycles. The molecule has 5 heteroatoms. The molecule has 0 fully saturated rings. The SMILES string of the molecule is CCCC(C)NC(=O)CNCCCn1nc(C)cc1C. The summed E-state index contributed by atoms with van der Waals surface area (Å²) < 4.78 is 2.01.